The van der Waals surface area contributed by atoms with Crippen LogP contribution in [0.4, 0.5) is 5.69 Å². The van der Waals surface area contributed by atoms with Crippen molar-refractivity contribution < 1.29 is 9.90 Å². The highest BCUT2D eigenvalue weighted by Gasteiger charge is 2.27. The van der Waals surface area contributed by atoms with E-state index >= 15 is 0 Å². The highest BCUT2D eigenvalue weighted by atomic mass is 16.3. The van der Waals surface area contributed by atoms with Gasteiger partial charge < -0.3 is 15.7 Å². The summed E-state index contributed by atoms with van der Waals surface area (Å²) in [4.78, 5) is 14.1. The van der Waals surface area contributed by atoms with Crippen LogP contribution >= 0.6 is 0 Å². The molecule has 0 radical (unpaired) electrons. The molecule has 0 saturated heterocycles. The van der Waals surface area contributed by atoms with Gasteiger partial charge in [-0.3, -0.25) is 9.48 Å². The molecular weight excluding hydrogens is 244 g/mol. The van der Waals surface area contributed by atoms with E-state index in [0.29, 0.717) is 24.3 Å². The average molecular weight is 268 g/mol. The van der Waals surface area contributed by atoms with Crippen LogP contribution in [0.1, 0.15) is 43.9 Å². The standard InChI is InChI=1S/C13H24N4O2/c1-6-9-10(14)11(16(5)15-9)12(18)17(7-2)8-13(3,4)19/h19H,6-8,14H2,1-5H3. The van der Waals surface area contributed by atoms with E-state index in [-0.39, 0.29) is 12.5 Å². The number of aliphatic hydroxyl groups is 1. The molecule has 0 fully saturated rings. The molecule has 1 rings (SSSR count). The van der Waals surface area contributed by atoms with Crippen LogP contribution in [0.25, 0.3) is 0 Å². The van der Waals surface area contributed by atoms with Crippen molar-refractivity contribution in [2.45, 2.75) is 39.7 Å². The molecule has 6 nitrogen and oxygen atoms in total. The molecule has 6 heteroatoms. The second kappa shape index (κ2) is 5.61. The molecule has 108 valence electrons. The van der Waals surface area contributed by atoms with Crippen molar-refractivity contribution in [1.29, 1.82) is 0 Å². The van der Waals surface area contributed by atoms with Crippen LogP contribution in [-0.2, 0) is 13.5 Å². The van der Waals surface area contributed by atoms with Gasteiger partial charge in [0.2, 0.25) is 0 Å². The van der Waals surface area contributed by atoms with Gasteiger partial charge in [-0.05, 0) is 27.2 Å². The van der Waals surface area contributed by atoms with Gasteiger partial charge in [-0.1, -0.05) is 6.92 Å². The van der Waals surface area contributed by atoms with Crippen LogP contribution in [0.5, 0.6) is 0 Å². The topological polar surface area (TPSA) is 84.4 Å². The van der Waals surface area contributed by atoms with Crippen LogP contribution in [0, 0.1) is 0 Å². The van der Waals surface area contributed by atoms with Crippen molar-refractivity contribution in [3.63, 3.8) is 0 Å². The Kier molecular flexibility index (Phi) is 4.57. The summed E-state index contributed by atoms with van der Waals surface area (Å²) in [5, 5.41) is 14.1. The smallest absolute Gasteiger partial charge is 0.274 e. The number of aryl methyl sites for hydroxylation is 2. The van der Waals surface area contributed by atoms with Crippen LogP contribution < -0.4 is 5.73 Å². The lowest BCUT2D eigenvalue weighted by atomic mass is 10.1. The Bertz CT molecular complexity index is 460. The van der Waals surface area contributed by atoms with E-state index in [2.05, 4.69) is 5.10 Å². The molecule has 0 bridgehead atoms. The number of carbonyl (C=O) groups excluding carboxylic acids is 1. The SMILES string of the molecule is CCc1nn(C)c(C(=O)N(CC)CC(C)(C)O)c1N. The van der Waals surface area contributed by atoms with Gasteiger partial charge in [-0.25, -0.2) is 0 Å². The Morgan fingerprint density at radius 3 is 2.42 bits per heavy atom. The number of rotatable bonds is 5. The van der Waals surface area contributed by atoms with Crippen LogP contribution in [0.2, 0.25) is 0 Å². The van der Waals surface area contributed by atoms with Gasteiger partial charge in [-0.15, -0.1) is 0 Å². The average Bonchev–Trinajstić information content (AvgIpc) is 2.59. The number of nitrogens with two attached hydrogens (primary N) is 1. The van der Waals surface area contributed by atoms with Gasteiger partial charge in [0, 0.05) is 20.1 Å². The summed E-state index contributed by atoms with van der Waals surface area (Å²) in [5.74, 6) is -0.197. The predicted molar refractivity (Wildman–Crippen MR) is 74.9 cm³/mol. The van der Waals surface area contributed by atoms with Crippen molar-refractivity contribution in [2.75, 3.05) is 18.8 Å². The van der Waals surface area contributed by atoms with Crippen molar-refractivity contribution >= 4 is 11.6 Å². The number of carbonyl (C=O) groups is 1. The van der Waals surface area contributed by atoms with Gasteiger partial charge >= 0.3 is 0 Å². The third-order valence-electron chi connectivity index (χ3n) is 2.94. The van der Waals surface area contributed by atoms with Crippen molar-refractivity contribution in [2.24, 2.45) is 7.05 Å². The number of nitrogen functional groups attached to an aromatic ring is 1. The van der Waals surface area contributed by atoms with Crippen molar-refractivity contribution in [3.8, 4) is 0 Å². The van der Waals surface area contributed by atoms with Gasteiger partial charge in [0.25, 0.3) is 5.91 Å². The largest absolute Gasteiger partial charge is 0.395 e. The fourth-order valence-corrected chi connectivity index (χ4v) is 2.05. The lowest BCUT2D eigenvalue weighted by Crippen LogP contribution is -2.42. The molecule has 0 atom stereocenters. The molecule has 0 aliphatic carbocycles. The highest BCUT2D eigenvalue weighted by Crippen LogP contribution is 2.19. The minimum atomic E-state index is -0.938. The molecular formula is C13H24N4O2. The maximum Gasteiger partial charge on any atom is 0.274 e. The van der Waals surface area contributed by atoms with E-state index in [1.54, 1.807) is 25.8 Å². The first-order valence-corrected chi connectivity index (χ1v) is 6.54. The van der Waals surface area contributed by atoms with Crippen LogP contribution in [-0.4, -0.2) is 44.4 Å². The molecule has 1 aromatic heterocycles. The summed E-state index contributed by atoms with van der Waals surface area (Å²) in [6, 6.07) is 0. The molecule has 0 aromatic carbocycles. The number of likely N-dealkylation sites (N-methyl/N-ethyl adjacent to an activating group) is 1. The van der Waals surface area contributed by atoms with E-state index in [0.717, 1.165) is 5.69 Å². The Balaban J connectivity index is 3.08. The van der Waals surface area contributed by atoms with E-state index in [4.69, 9.17) is 5.73 Å². The van der Waals surface area contributed by atoms with Crippen molar-refractivity contribution in [3.05, 3.63) is 11.4 Å². The van der Waals surface area contributed by atoms with Crippen molar-refractivity contribution in [1.82, 2.24) is 14.7 Å². The van der Waals surface area contributed by atoms with Gasteiger partial charge in [0.15, 0.2) is 0 Å². The number of nitrogens with zero attached hydrogens (tertiary/aromatic N) is 3. The number of aromatic nitrogens is 2. The van der Waals surface area contributed by atoms with E-state index in [9.17, 15) is 9.90 Å². The van der Waals surface area contributed by atoms with Gasteiger partial charge in [0.05, 0.1) is 17.0 Å². The minimum Gasteiger partial charge on any atom is -0.395 e. The van der Waals surface area contributed by atoms with E-state index in [1.165, 1.54) is 4.68 Å². The lowest BCUT2D eigenvalue weighted by Gasteiger charge is -2.28. The first-order valence-electron chi connectivity index (χ1n) is 6.54. The molecule has 1 aromatic rings. The Hall–Kier alpha value is -1.56. The Labute approximate surface area is 114 Å². The molecule has 0 aliphatic heterocycles. The summed E-state index contributed by atoms with van der Waals surface area (Å²) in [6.45, 7) is 7.93. The van der Waals surface area contributed by atoms with Gasteiger partial charge in [-0.2, -0.15) is 5.10 Å². The molecule has 0 aliphatic rings. The zero-order valence-corrected chi connectivity index (χ0v) is 12.4. The molecule has 19 heavy (non-hydrogen) atoms. The third-order valence-corrected chi connectivity index (χ3v) is 2.94. The quantitative estimate of drug-likeness (QED) is 0.827. The summed E-state index contributed by atoms with van der Waals surface area (Å²) < 4.78 is 1.52. The maximum atomic E-state index is 12.5. The second-order valence-electron chi connectivity index (χ2n) is 5.32. The molecule has 0 spiro atoms. The molecule has 1 heterocycles. The Morgan fingerprint density at radius 1 is 1.47 bits per heavy atom. The maximum absolute atomic E-state index is 12.5. The fourth-order valence-electron chi connectivity index (χ4n) is 2.05. The number of amides is 1. The summed E-state index contributed by atoms with van der Waals surface area (Å²) in [7, 11) is 1.71. The monoisotopic (exact) mass is 268 g/mol. The molecule has 1 amide bonds. The molecule has 0 saturated carbocycles. The summed E-state index contributed by atoms with van der Waals surface area (Å²) >= 11 is 0. The van der Waals surface area contributed by atoms with Crippen LogP contribution in [0.15, 0.2) is 0 Å². The molecule has 0 unspecified atom stereocenters. The zero-order valence-electron chi connectivity index (χ0n) is 12.4. The Morgan fingerprint density at radius 2 is 2.05 bits per heavy atom. The van der Waals surface area contributed by atoms with Gasteiger partial charge in [0.1, 0.15) is 5.69 Å². The molecule has 3 N–H and O–H groups in total. The minimum absolute atomic E-state index is 0.197. The highest BCUT2D eigenvalue weighted by molar-refractivity contribution is 5.98. The first-order chi connectivity index (χ1) is 8.71. The predicted octanol–water partition coefficient (Wildman–Crippen LogP) is 0.798. The normalized spacial score (nSPS) is 11.7. The van der Waals surface area contributed by atoms with E-state index in [1.807, 2.05) is 13.8 Å². The zero-order chi connectivity index (χ0) is 14.8. The number of anilines is 1. The third kappa shape index (κ3) is 3.47. The summed E-state index contributed by atoms with van der Waals surface area (Å²) in [6.07, 6.45) is 0.685. The summed E-state index contributed by atoms with van der Waals surface area (Å²) in [5.41, 5.74) is 6.59. The second-order valence-corrected chi connectivity index (χ2v) is 5.32. The number of hydrogen-bond acceptors (Lipinski definition) is 4. The first kappa shape index (κ1) is 15.5. The van der Waals surface area contributed by atoms with E-state index < -0.39 is 5.60 Å². The lowest BCUT2D eigenvalue weighted by molar-refractivity contribution is 0.0309. The fraction of sp³-hybridized carbons (Fsp3) is 0.692. The number of hydrogen-bond donors (Lipinski definition) is 2. The van der Waals surface area contributed by atoms with Crippen LogP contribution in [0.3, 0.4) is 0 Å².